The predicted octanol–water partition coefficient (Wildman–Crippen LogP) is 2.33. The summed E-state index contributed by atoms with van der Waals surface area (Å²) in [5, 5.41) is 8.42. The third-order valence-electron chi connectivity index (χ3n) is 5.21. The van der Waals surface area contributed by atoms with Crippen LogP contribution in [0.2, 0.25) is 0 Å². The zero-order chi connectivity index (χ0) is 17.1. The number of hydrogen-bond acceptors (Lipinski definition) is 5. The van der Waals surface area contributed by atoms with Gasteiger partial charge in [-0.15, -0.1) is 5.10 Å². The summed E-state index contributed by atoms with van der Waals surface area (Å²) in [6.45, 7) is 4.57. The quantitative estimate of drug-likeness (QED) is 0.852. The number of carbonyl (C=O) groups excluding carboxylic acids is 1. The van der Waals surface area contributed by atoms with Gasteiger partial charge in [-0.3, -0.25) is 9.69 Å². The van der Waals surface area contributed by atoms with Crippen molar-refractivity contribution in [1.29, 1.82) is 0 Å². The molecule has 4 rings (SSSR count). The van der Waals surface area contributed by atoms with Gasteiger partial charge in [0, 0.05) is 31.7 Å². The van der Waals surface area contributed by atoms with Crippen molar-refractivity contribution in [2.75, 3.05) is 26.2 Å². The Morgan fingerprint density at radius 3 is 2.88 bits per heavy atom. The topological polar surface area (TPSA) is 67.4 Å². The second kappa shape index (κ2) is 7.39. The minimum atomic E-state index is 0.0250. The van der Waals surface area contributed by atoms with E-state index >= 15 is 0 Å². The normalized spacial score (nSPS) is 22.2. The van der Waals surface area contributed by atoms with Crippen molar-refractivity contribution in [3.05, 3.63) is 36.0 Å². The molecule has 0 aromatic carbocycles. The van der Waals surface area contributed by atoms with Crippen molar-refractivity contribution < 1.29 is 9.21 Å². The van der Waals surface area contributed by atoms with Crippen LogP contribution in [-0.4, -0.2) is 56.9 Å². The van der Waals surface area contributed by atoms with Crippen LogP contribution in [0.3, 0.4) is 0 Å². The van der Waals surface area contributed by atoms with Gasteiger partial charge in [0.25, 0.3) is 5.91 Å². The largest absolute Gasteiger partial charge is 0.472 e. The third-order valence-corrected chi connectivity index (χ3v) is 5.21. The van der Waals surface area contributed by atoms with E-state index < -0.39 is 0 Å². The van der Waals surface area contributed by atoms with E-state index in [9.17, 15) is 4.79 Å². The van der Waals surface area contributed by atoms with Gasteiger partial charge in [0.05, 0.1) is 24.8 Å². The van der Waals surface area contributed by atoms with Crippen molar-refractivity contribution >= 4 is 5.91 Å². The van der Waals surface area contributed by atoms with Gasteiger partial charge in [-0.25, -0.2) is 4.68 Å². The number of carbonyl (C=O) groups is 1. The summed E-state index contributed by atoms with van der Waals surface area (Å²) in [7, 11) is 0. The molecule has 2 saturated heterocycles. The van der Waals surface area contributed by atoms with E-state index in [2.05, 4.69) is 15.2 Å². The highest BCUT2D eigenvalue weighted by Gasteiger charge is 2.25. The molecular weight excluding hydrogens is 318 g/mol. The van der Waals surface area contributed by atoms with Gasteiger partial charge in [0.15, 0.2) is 5.69 Å². The lowest BCUT2D eigenvalue weighted by Crippen LogP contribution is -2.36. The lowest BCUT2D eigenvalue weighted by atomic mass is 10.1. The van der Waals surface area contributed by atoms with Crippen LogP contribution < -0.4 is 0 Å². The number of amides is 1. The Kier molecular flexibility index (Phi) is 4.83. The molecule has 0 radical (unpaired) electrons. The number of hydrogen-bond donors (Lipinski definition) is 0. The van der Waals surface area contributed by atoms with E-state index in [1.807, 2.05) is 21.8 Å². The lowest BCUT2D eigenvalue weighted by Gasteiger charge is -2.32. The molecule has 1 amide bonds. The molecule has 2 aromatic heterocycles. The Morgan fingerprint density at radius 1 is 1.20 bits per heavy atom. The first-order valence-electron chi connectivity index (χ1n) is 9.24. The zero-order valence-corrected chi connectivity index (χ0v) is 14.5. The number of furan rings is 1. The fraction of sp³-hybridized carbons (Fsp3) is 0.611. The monoisotopic (exact) mass is 343 g/mol. The first-order chi connectivity index (χ1) is 12.3. The number of piperidine rings is 2. The smallest absolute Gasteiger partial charge is 0.276 e. The third kappa shape index (κ3) is 3.76. The van der Waals surface area contributed by atoms with E-state index in [4.69, 9.17) is 4.42 Å². The fourth-order valence-electron chi connectivity index (χ4n) is 3.84. The summed E-state index contributed by atoms with van der Waals surface area (Å²) in [5.41, 5.74) is 1.68. The van der Waals surface area contributed by atoms with Crippen LogP contribution in [-0.2, 0) is 6.54 Å². The van der Waals surface area contributed by atoms with Crippen LogP contribution in [0.1, 0.15) is 54.2 Å². The number of likely N-dealkylation sites (tertiary alicyclic amines) is 2. The molecule has 2 aliphatic heterocycles. The average Bonchev–Trinajstić information content (AvgIpc) is 3.34. The maximum absolute atomic E-state index is 12.6. The molecule has 7 nitrogen and oxygen atoms in total. The Morgan fingerprint density at radius 2 is 2.08 bits per heavy atom. The number of aromatic nitrogens is 3. The van der Waals surface area contributed by atoms with Gasteiger partial charge in [0.2, 0.25) is 0 Å². The zero-order valence-electron chi connectivity index (χ0n) is 14.5. The van der Waals surface area contributed by atoms with Crippen LogP contribution in [0.5, 0.6) is 0 Å². The Labute approximate surface area is 147 Å². The molecule has 134 valence electrons. The highest BCUT2D eigenvalue weighted by atomic mass is 16.3. The number of nitrogens with zero attached hydrogens (tertiary/aromatic N) is 5. The molecule has 2 aromatic rings. The molecule has 0 spiro atoms. The van der Waals surface area contributed by atoms with Crippen LogP contribution in [0, 0.1) is 0 Å². The molecule has 25 heavy (non-hydrogen) atoms. The van der Waals surface area contributed by atoms with Gasteiger partial charge in [-0.1, -0.05) is 5.21 Å². The molecule has 2 fully saturated rings. The van der Waals surface area contributed by atoms with E-state index in [1.54, 1.807) is 12.5 Å². The molecule has 4 heterocycles. The van der Waals surface area contributed by atoms with E-state index in [-0.39, 0.29) is 11.9 Å². The lowest BCUT2D eigenvalue weighted by molar-refractivity contribution is 0.0718. The first kappa shape index (κ1) is 16.3. The summed E-state index contributed by atoms with van der Waals surface area (Å²) >= 11 is 0. The average molecular weight is 343 g/mol. The Balaban J connectivity index is 1.39. The standard InChI is InChI=1S/C18H25N5O2/c24-18(22-8-2-1-3-9-22)17-13-23(20-19-17)16-5-4-7-21(12-16)11-15-6-10-25-14-15/h6,10,13-14,16H,1-5,7-9,11-12H2. The van der Waals surface area contributed by atoms with Gasteiger partial charge in [0.1, 0.15) is 0 Å². The second-order valence-corrected chi connectivity index (χ2v) is 7.10. The van der Waals surface area contributed by atoms with Crippen LogP contribution >= 0.6 is 0 Å². The van der Waals surface area contributed by atoms with Crippen LogP contribution in [0.15, 0.2) is 29.2 Å². The first-order valence-corrected chi connectivity index (χ1v) is 9.24. The van der Waals surface area contributed by atoms with E-state index in [1.165, 1.54) is 12.0 Å². The molecule has 0 saturated carbocycles. The van der Waals surface area contributed by atoms with Gasteiger partial charge in [-0.2, -0.15) is 0 Å². The molecule has 1 atom stereocenters. The van der Waals surface area contributed by atoms with Gasteiger partial charge in [-0.05, 0) is 44.7 Å². The minimum Gasteiger partial charge on any atom is -0.472 e. The Bertz CT molecular complexity index is 690. The highest BCUT2D eigenvalue weighted by molar-refractivity contribution is 5.91. The van der Waals surface area contributed by atoms with Crippen molar-refractivity contribution in [2.24, 2.45) is 0 Å². The predicted molar refractivity (Wildman–Crippen MR) is 92.0 cm³/mol. The maximum Gasteiger partial charge on any atom is 0.276 e. The van der Waals surface area contributed by atoms with Crippen molar-refractivity contribution in [1.82, 2.24) is 24.8 Å². The number of rotatable bonds is 4. The van der Waals surface area contributed by atoms with Crippen molar-refractivity contribution in [3.63, 3.8) is 0 Å². The minimum absolute atomic E-state index is 0.0250. The Hall–Kier alpha value is -2.15. The fourth-order valence-corrected chi connectivity index (χ4v) is 3.84. The van der Waals surface area contributed by atoms with Crippen molar-refractivity contribution in [2.45, 2.75) is 44.7 Å². The van der Waals surface area contributed by atoms with Crippen LogP contribution in [0.25, 0.3) is 0 Å². The summed E-state index contributed by atoms with van der Waals surface area (Å²) in [6, 6.07) is 2.28. The second-order valence-electron chi connectivity index (χ2n) is 7.10. The van der Waals surface area contributed by atoms with E-state index in [0.717, 1.165) is 58.4 Å². The maximum atomic E-state index is 12.6. The molecule has 0 aliphatic carbocycles. The molecule has 0 bridgehead atoms. The van der Waals surface area contributed by atoms with E-state index in [0.29, 0.717) is 5.69 Å². The molecule has 7 heteroatoms. The highest BCUT2D eigenvalue weighted by Crippen LogP contribution is 2.23. The SMILES string of the molecule is O=C(c1cn(C2CCCN(Cc3ccoc3)C2)nn1)N1CCCCC1. The molecule has 1 unspecified atom stereocenters. The summed E-state index contributed by atoms with van der Waals surface area (Å²) in [4.78, 5) is 16.9. The van der Waals surface area contributed by atoms with Gasteiger partial charge < -0.3 is 9.32 Å². The summed E-state index contributed by atoms with van der Waals surface area (Å²) in [6.07, 6.45) is 10.9. The van der Waals surface area contributed by atoms with Crippen LogP contribution in [0.4, 0.5) is 0 Å². The van der Waals surface area contributed by atoms with Gasteiger partial charge >= 0.3 is 0 Å². The summed E-state index contributed by atoms with van der Waals surface area (Å²) < 4.78 is 7.05. The summed E-state index contributed by atoms with van der Waals surface area (Å²) in [5.74, 6) is 0.0250. The molecular formula is C18H25N5O2. The molecule has 2 aliphatic rings. The van der Waals surface area contributed by atoms with Crippen molar-refractivity contribution in [3.8, 4) is 0 Å². The molecule has 0 N–H and O–H groups in total.